The summed E-state index contributed by atoms with van der Waals surface area (Å²) >= 11 is 0. The summed E-state index contributed by atoms with van der Waals surface area (Å²) in [6.07, 6.45) is 24.8. The van der Waals surface area contributed by atoms with Gasteiger partial charge in [-0.3, -0.25) is 19.3 Å². The average Bonchev–Trinajstić information content (AvgIpc) is 3.92. The van der Waals surface area contributed by atoms with Crippen molar-refractivity contribution in [2.75, 3.05) is 59.4 Å². The topological polar surface area (TPSA) is 173 Å². The number of rotatable bonds is 27. The number of nitrogens with one attached hydrogen (secondary N) is 2. The number of fused-ring (bicyclic) bond motifs is 2. The van der Waals surface area contributed by atoms with Crippen LogP contribution in [0.4, 0.5) is 18.0 Å². The minimum Gasteiger partial charge on any atom is -0.475 e. The molecular formula is C60H89F3N8O7. The highest BCUT2D eigenvalue weighted by atomic mass is 19.4. The van der Waals surface area contributed by atoms with Crippen LogP contribution >= 0.6 is 0 Å². The Kier molecular flexibility index (Phi) is 25.3. The van der Waals surface area contributed by atoms with Crippen molar-refractivity contribution in [3.8, 4) is 0 Å². The molecule has 18 heteroatoms. The molecule has 2 aromatic heterocycles. The number of hydrogen-bond donors (Lipinski definition) is 3. The van der Waals surface area contributed by atoms with Gasteiger partial charge in [0.2, 0.25) is 5.91 Å². The Morgan fingerprint density at radius 3 is 1.88 bits per heavy atom. The summed E-state index contributed by atoms with van der Waals surface area (Å²) in [6, 6.07) is 13.4. The van der Waals surface area contributed by atoms with Crippen LogP contribution < -0.4 is 10.9 Å². The van der Waals surface area contributed by atoms with E-state index in [9.17, 15) is 32.3 Å². The molecule has 0 bridgehead atoms. The quantitative estimate of drug-likeness (QED) is 0.0385. The van der Waals surface area contributed by atoms with Gasteiger partial charge in [-0.1, -0.05) is 140 Å². The smallest absolute Gasteiger partial charge is 0.475 e. The number of urea groups is 1. The molecule has 0 aliphatic carbocycles. The number of aromatic amines is 1. The van der Waals surface area contributed by atoms with Crippen molar-refractivity contribution >= 4 is 45.7 Å². The first-order chi connectivity index (χ1) is 37.6. The number of aliphatic carboxylic acids is 1. The number of amides is 3. The standard InChI is InChI=1S/C58H88N8O5.C2HF3O2/c1-4-5-6-7-8-9-10-11-12-13-14-15-16-17-18-19-20-21-26-54(67)71-44-66-43-49-40-46(39-45(2)55(49)61-66)41-53(57(69)64-37-35-63(36-38-64)50-29-31-62(3)32-30-50)60-58(70)65-33-27-47(28-34-65)51-42-48-24-22-23-25-52(48)59-56(51)68;3-2(4,5)1(6)7/h22-25,39-40,42-43,47,50,53H,4-21,26-38,41,44H2,1-3H3,(H,59,68)(H,60,70);(H,6,7). The largest absolute Gasteiger partial charge is 0.490 e. The number of para-hydroxylation sites is 1. The molecule has 2 aromatic carbocycles. The van der Waals surface area contributed by atoms with Gasteiger partial charge in [-0.05, 0) is 99.8 Å². The zero-order valence-electron chi connectivity index (χ0n) is 46.9. The Labute approximate surface area is 460 Å². The van der Waals surface area contributed by atoms with E-state index in [1.165, 1.54) is 96.3 Å². The molecule has 5 heterocycles. The van der Waals surface area contributed by atoms with E-state index in [1.54, 1.807) is 9.58 Å². The molecule has 0 radical (unpaired) electrons. The number of piperidine rings is 2. The molecule has 432 valence electrons. The summed E-state index contributed by atoms with van der Waals surface area (Å²) in [4.78, 5) is 75.1. The molecule has 15 nitrogen and oxygen atoms in total. The number of carbonyl (C=O) groups is 4. The number of halogens is 3. The molecule has 3 aliphatic heterocycles. The van der Waals surface area contributed by atoms with Gasteiger partial charge in [-0.15, -0.1) is 0 Å². The minimum absolute atomic E-state index is 0.0447. The van der Waals surface area contributed by atoms with Crippen molar-refractivity contribution in [3.05, 3.63) is 75.7 Å². The predicted octanol–water partition coefficient (Wildman–Crippen LogP) is 11.5. The summed E-state index contributed by atoms with van der Waals surface area (Å²) in [7, 11) is 2.18. The molecule has 3 amide bonds. The molecule has 3 N–H and O–H groups in total. The minimum atomic E-state index is -5.08. The van der Waals surface area contributed by atoms with Crippen molar-refractivity contribution in [1.82, 2.24) is 39.7 Å². The Balaban J connectivity index is 0.00000131. The first kappa shape index (κ1) is 61.7. The van der Waals surface area contributed by atoms with Gasteiger partial charge in [0.15, 0.2) is 6.73 Å². The van der Waals surface area contributed by atoms with Crippen LogP contribution in [0.3, 0.4) is 0 Å². The number of aromatic nitrogens is 3. The van der Waals surface area contributed by atoms with Crippen LogP contribution in [-0.2, 0) is 32.3 Å². The molecule has 7 rings (SSSR count). The van der Waals surface area contributed by atoms with E-state index in [-0.39, 0.29) is 36.1 Å². The lowest BCUT2D eigenvalue weighted by molar-refractivity contribution is -0.192. The highest BCUT2D eigenvalue weighted by Crippen LogP contribution is 2.29. The average molecular weight is 1090 g/mol. The summed E-state index contributed by atoms with van der Waals surface area (Å²) in [6.45, 7) is 10.4. The maximum Gasteiger partial charge on any atom is 0.490 e. The number of likely N-dealkylation sites (tertiary alicyclic amines) is 2. The number of aryl methyl sites for hydroxylation is 1. The third-order valence-electron chi connectivity index (χ3n) is 16.1. The fraction of sp³-hybridized carbons (Fsp3) is 0.667. The lowest BCUT2D eigenvalue weighted by Gasteiger charge is -2.43. The van der Waals surface area contributed by atoms with Gasteiger partial charge >= 0.3 is 24.1 Å². The monoisotopic (exact) mass is 1090 g/mol. The lowest BCUT2D eigenvalue weighted by atomic mass is 9.89. The number of pyridine rings is 1. The fourth-order valence-electron chi connectivity index (χ4n) is 11.4. The highest BCUT2D eigenvalue weighted by molar-refractivity contribution is 5.88. The first-order valence-electron chi connectivity index (χ1n) is 29.4. The highest BCUT2D eigenvalue weighted by Gasteiger charge is 2.38. The Morgan fingerprint density at radius 2 is 1.31 bits per heavy atom. The van der Waals surface area contributed by atoms with Crippen LogP contribution in [0.5, 0.6) is 0 Å². The van der Waals surface area contributed by atoms with Gasteiger partial charge in [-0.25, -0.2) is 14.3 Å². The van der Waals surface area contributed by atoms with Crippen LogP contribution in [0.2, 0.25) is 0 Å². The summed E-state index contributed by atoms with van der Waals surface area (Å²) in [5, 5.41) is 17.0. The van der Waals surface area contributed by atoms with E-state index >= 15 is 0 Å². The van der Waals surface area contributed by atoms with E-state index in [1.807, 2.05) is 54.4 Å². The zero-order valence-corrected chi connectivity index (χ0v) is 46.9. The lowest BCUT2D eigenvalue weighted by Crippen LogP contribution is -2.59. The van der Waals surface area contributed by atoms with Gasteiger partial charge in [0.25, 0.3) is 5.56 Å². The molecule has 3 aliphatic rings. The Morgan fingerprint density at radius 1 is 0.744 bits per heavy atom. The third kappa shape index (κ3) is 20.0. The Bertz CT molecular complexity index is 2540. The van der Waals surface area contributed by atoms with Gasteiger partial charge < -0.3 is 34.8 Å². The zero-order chi connectivity index (χ0) is 55.9. The SMILES string of the molecule is CCCCCCCCCCCCCCCCCCCCC(=O)OCn1cc2cc(CC(NC(=O)N3CCC(c4cc5ccccc5[nH]c4=O)CC3)C(=O)N3CCN(C4CCN(C)CC4)CC3)cc(C)c2n1.O=C(O)C(F)(F)F. The Hall–Kier alpha value is -5.49. The molecule has 78 heavy (non-hydrogen) atoms. The molecule has 4 aromatic rings. The van der Waals surface area contributed by atoms with E-state index in [0.717, 1.165) is 96.8 Å². The number of alkyl halides is 3. The van der Waals surface area contributed by atoms with Crippen molar-refractivity contribution < 1.29 is 42.2 Å². The number of hydrogen-bond acceptors (Lipinski definition) is 9. The number of ether oxygens (including phenoxy) is 1. The normalized spacial score (nSPS) is 16.5. The van der Waals surface area contributed by atoms with Crippen LogP contribution in [0.15, 0.2) is 53.5 Å². The maximum atomic E-state index is 14.5. The van der Waals surface area contributed by atoms with Gasteiger partial charge in [0.05, 0.1) is 5.52 Å². The number of H-pyrrole nitrogens is 1. The van der Waals surface area contributed by atoms with Crippen LogP contribution in [0.1, 0.15) is 177 Å². The number of unbranched alkanes of at least 4 members (excludes halogenated alkanes) is 17. The van der Waals surface area contributed by atoms with Crippen molar-refractivity contribution in [1.29, 1.82) is 0 Å². The van der Waals surface area contributed by atoms with Crippen LogP contribution in [0.25, 0.3) is 21.8 Å². The number of carboxylic acids is 1. The fourth-order valence-corrected chi connectivity index (χ4v) is 11.4. The third-order valence-corrected chi connectivity index (χ3v) is 16.1. The van der Waals surface area contributed by atoms with E-state index < -0.39 is 18.2 Å². The van der Waals surface area contributed by atoms with Gasteiger partial charge in [-0.2, -0.15) is 18.3 Å². The number of piperazine rings is 1. The molecular weight excluding hydrogens is 1000 g/mol. The van der Waals surface area contributed by atoms with Gasteiger partial charge in [0.1, 0.15) is 6.04 Å². The molecule has 0 saturated carbocycles. The van der Waals surface area contributed by atoms with Crippen LogP contribution in [-0.4, -0.2) is 141 Å². The van der Waals surface area contributed by atoms with E-state index in [4.69, 9.17) is 19.7 Å². The summed E-state index contributed by atoms with van der Waals surface area (Å²) in [5.41, 5.74) is 4.22. The number of carbonyl (C=O) groups excluding carboxylic acids is 3. The van der Waals surface area contributed by atoms with Crippen molar-refractivity contribution in [2.24, 2.45) is 0 Å². The first-order valence-corrected chi connectivity index (χ1v) is 29.4. The second kappa shape index (κ2) is 31.9. The van der Waals surface area contributed by atoms with Crippen LogP contribution in [0, 0.1) is 6.92 Å². The number of benzene rings is 2. The van der Waals surface area contributed by atoms with Gasteiger partial charge in [0, 0.05) is 80.8 Å². The molecule has 1 unspecified atom stereocenters. The summed E-state index contributed by atoms with van der Waals surface area (Å²) in [5.74, 6) is -2.97. The second-order valence-electron chi connectivity index (χ2n) is 22.2. The number of carboxylic acid groups (broad SMARTS) is 1. The molecule has 3 fully saturated rings. The van der Waals surface area contributed by atoms with Crippen molar-refractivity contribution in [2.45, 2.75) is 199 Å². The second-order valence-corrected chi connectivity index (χ2v) is 22.2. The number of nitrogens with zero attached hydrogens (tertiary/aromatic N) is 6. The van der Waals surface area contributed by atoms with E-state index in [2.05, 4.69) is 40.1 Å². The molecule has 0 spiro atoms. The maximum absolute atomic E-state index is 14.5. The predicted molar refractivity (Wildman–Crippen MR) is 300 cm³/mol. The van der Waals surface area contributed by atoms with E-state index in [0.29, 0.717) is 57.9 Å². The number of esters is 1. The van der Waals surface area contributed by atoms with Crippen molar-refractivity contribution in [3.63, 3.8) is 0 Å². The molecule has 3 saturated heterocycles. The summed E-state index contributed by atoms with van der Waals surface area (Å²) < 4.78 is 39.1. The molecule has 1 atom stereocenters.